The van der Waals surface area contributed by atoms with Crippen LogP contribution in [0.3, 0.4) is 0 Å². The fraction of sp³-hybridized carbons (Fsp3) is 0.364. The van der Waals surface area contributed by atoms with Crippen molar-refractivity contribution in [1.82, 2.24) is 0 Å². The third-order valence-corrected chi connectivity index (χ3v) is 2.54. The molecule has 0 saturated heterocycles. The van der Waals surface area contributed by atoms with Crippen molar-refractivity contribution in [1.29, 1.82) is 0 Å². The molecule has 18 heavy (non-hydrogen) atoms. The van der Waals surface area contributed by atoms with E-state index in [9.17, 15) is 10.1 Å². The van der Waals surface area contributed by atoms with Gasteiger partial charge in [0.15, 0.2) is 5.84 Å². The minimum atomic E-state index is -0.516. The summed E-state index contributed by atoms with van der Waals surface area (Å²) in [5.41, 5.74) is 6.50. The first-order valence-corrected chi connectivity index (χ1v) is 5.48. The van der Waals surface area contributed by atoms with Gasteiger partial charge in [-0.05, 0) is 12.5 Å². The molecule has 0 saturated carbocycles. The van der Waals surface area contributed by atoms with E-state index in [-0.39, 0.29) is 11.5 Å². The molecule has 7 nitrogen and oxygen atoms in total. The molecular formula is C11H16N4O3. The van der Waals surface area contributed by atoms with Crippen LogP contribution in [0.25, 0.3) is 0 Å². The quantitative estimate of drug-likeness (QED) is 0.272. The third-order valence-electron chi connectivity index (χ3n) is 2.54. The van der Waals surface area contributed by atoms with E-state index in [4.69, 9.17) is 10.9 Å². The van der Waals surface area contributed by atoms with Crippen molar-refractivity contribution in [2.24, 2.45) is 10.9 Å². The van der Waals surface area contributed by atoms with Gasteiger partial charge in [-0.2, -0.15) is 0 Å². The van der Waals surface area contributed by atoms with Crippen LogP contribution in [0.5, 0.6) is 0 Å². The molecule has 7 heteroatoms. The van der Waals surface area contributed by atoms with Crippen LogP contribution in [0.2, 0.25) is 0 Å². The smallest absolute Gasteiger partial charge is 0.270 e. The van der Waals surface area contributed by atoms with Gasteiger partial charge in [0.05, 0.1) is 10.5 Å². The van der Waals surface area contributed by atoms with Crippen LogP contribution in [-0.2, 0) is 0 Å². The minimum absolute atomic E-state index is 0.0924. The molecule has 0 bridgehead atoms. The van der Waals surface area contributed by atoms with Gasteiger partial charge in [0, 0.05) is 31.4 Å². The number of nitrogens with two attached hydrogens (primary N) is 1. The number of rotatable bonds is 5. The summed E-state index contributed by atoms with van der Waals surface area (Å²) in [6.45, 7) is 2.79. The molecule has 0 aliphatic heterocycles. The highest BCUT2D eigenvalue weighted by Crippen LogP contribution is 2.24. The number of amidine groups is 1. The first kappa shape index (κ1) is 13.8. The largest absolute Gasteiger partial charge is 0.409 e. The number of nitro groups is 1. The first-order valence-electron chi connectivity index (χ1n) is 5.48. The molecule has 0 radical (unpaired) electrons. The van der Waals surface area contributed by atoms with Crippen LogP contribution in [0.1, 0.15) is 18.9 Å². The van der Waals surface area contributed by atoms with Crippen molar-refractivity contribution in [2.45, 2.75) is 13.3 Å². The lowest BCUT2D eigenvalue weighted by Crippen LogP contribution is -2.23. The lowest BCUT2D eigenvalue weighted by atomic mass is 10.1. The van der Waals surface area contributed by atoms with Gasteiger partial charge in [-0.1, -0.05) is 12.1 Å². The topological polar surface area (TPSA) is 105 Å². The maximum Gasteiger partial charge on any atom is 0.270 e. The summed E-state index contributed by atoms with van der Waals surface area (Å²) < 4.78 is 0. The van der Waals surface area contributed by atoms with Gasteiger partial charge in [0.2, 0.25) is 0 Å². The van der Waals surface area contributed by atoms with Gasteiger partial charge < -0.3 is 15.8 Å². The Hall–Kier alpha value is -2.31. The van der Waals surface area contributed by atoms with E-state index in [1.54, 1.807) is 6.07 Å². The molecule has 3 N–H and O–H groups in total. The van der Waals surface area contributed by atoms with Gasteiger partial charge >= 0.3 is 0 Å². The van der Waals surface area contributed by atoms with E-state index in [2.05, 4.69) is 5.16 Å². The van der Waals surface area contributed by atoms with Gasteiger partial charge in [-0.25, -0.2) is 0 Å². The molecule has 0 unspecified atom stereocenters. The van der Waals surface area contributed by atoms with Gasteiger partial charge in [0.25, 0.3) is 5.69 Å². The number of anilines is 1. The molecule has 0 amide bonds. The number of nitro benzene ring substituents is 1. The molecule has 0 aliphatic carbocycles. The number of oxime groups is 1. The van der Waals surface area contributed by atoms with Crippen molar-refractivity contribution in [3.63, 3.8) is 0 Å². The zero-order valence-electron chi connectivity index (χ0n) is 10.3. The Morgan fingerprint density at radius 3 is 2.78 bits per heavy atom. The third kappa shape index (κ3) is 2.88. The molecule has 1 rings (SSSR count). The highest BCUT2D eigenvalue weighted by molar-refractivity contribution is 6.02. The van der Waals surface area contributed by atoms with Crippen LogP contribution in [0.15, 0.2) is 23.4 Å². The summed E-state index contributed by atoms with van der Waals surface area (Å²) >= 11 is 0. The molecule has 98 valence electrons. The Balaban J connectivity index is 3.29. The van der Waals surface area contributed by atoms with E-state index in [0.29, 0.717) is 11.3 Å². The average molecular weight is 252 g/mol. The molecule has 1 aromatic rings. The number of hydrogen-bond donors (Lipinski definition) is 2. The summed E-state index contributed by atoms with van der Waals surface area (Å²) in [5, 5.41) is 22.4. The highest BCUT2D eigenvalue weighted by atomic mass is 16.6. The Labute approximate surface area is 105 Å². The molecule has 0 spiro atoms. The Morgan fingerprint density at radius 1 is 1.61 bits per heavy atom. The summed E-state index contributed by atoms with van der Waals surface area (Å²) in [6.07, 6.45) is 0.920. The summed E-state index contributed by atoms with van der Waals surface area (Å²) in [4.78, 5) is 12.1. The van der Waals surface area contributed by atoms with E-state index in [1.807, 2.05) is 18.9 Å². The predicted octanol–water partition coefficient (Wildman–Crippen LogP) is 1.54. The lowest BCUT2D eigenvalue weighted by molar-refractivity contribution is -0.384. The maximum atomic E-state index is 10.7. The molecular weight excluding hydrogens is 236 g/mol. The van der Waals surface area contributed by atoms with Crippen molar-refractivity contribution in [3.05, 3.63) is 33.9 Å². The van der Waals surface area contributed by atoms with Crippen molar-refractivity contribution >= 4 is 17.2 Å². The van der Waals surface area contributed by atoms with Crippen LogP contribution in [0, 0.1) is 10.1 Å². The molecule has 0 aromatic heterocycles. The summed E-state index contributed by atoms with van der Waals surface area (Å²) in [5.74, 6) is -0.142. The number of nitrogens with zero attached hydrogens (tertiary/aromatic N) is 3. The van der Waals surface area contributed by atoms with Crippen molar-refractivity contribution in [3.8, 4) is 0 Å². The van der Waals surface area contributed by atoms with Crippen LogP contribution >= 0.6 is 0 Å². The standard InChI is InChI=1S/C11H16N4O3/c1-3-6-14(2)10-5-4-8(15(17)18)7-9(10)11(12)13-16/h4-5,7,16H,3,6H2,1-2H3,(H2,12,13). The second-order valence-electron chi connectivity index (χ2n) is 3.87. The average Bonchev–Trinajstić information content (AvgIpc) is 2.37. The second-order valence-corrected chi connectivity index (χ2v) is 3.87. The minimum Gasteiger partial charge on any atom is -0.409 e. The Bertz CT molecular complexity index is 473. The van der Waals surface area contributed by atoms with Crippen LogP contribution in [0.4, 0.5) is 11.4 Å². The monoisotopic (exact) mass is 252 g/mol. The van der Waals surface area contributed by atoms with Crippen molar-refractivity contribution < 1.29 is 10.1 Å². The normalized spacial score (nSPS) is 11.3. The molecule has 0 heterocycles. The van der Waals surface area contributed by atoms with E-state index in [1.165, 1.54) is 12.1 Å². The summed E-state index contributed by atoms with van der Waals surface area (Å²) in [7, 11) is 1.85. The maximum absolute atomic E-state index is 10.7. The Morgan fingerprint density at radius 2 is 2.28 bits per heavy atom. The predicted molar refractivity (Wildman–Crippen MR) is 69.2 cm³/mol. The first-order chi connectivity index (χ1) is 8.51. The van der Waals surface area contributed by atoms with Gasteiger partial charge in [-0.15, -0.1) is 0 Å². The zero-order chi connectivity index (χ0) is 13.7. The SMILES string of the molecule is CCCN(C)c1ccc([N+](=O)[O-])cc1C(N)=NO. The van der Waals surface area contributed by atoms with Gasteiger partial charge in [0.1, 0.15) is 0 Å². The van der Waals surface area contributed by atoms with Crippen molar-refractivity contribution in [2.75, 3.05) is 18.5 Å². The van der Waals surface area contributed by atoms with E-state index >= 15 is 0 Å². The molecule has 0 aliphatic rings. The zero-order valence-corrected chi connectivity index (χ0v) is 10.3. The van der Waals surface area contributed by atoms with E-state index in [0.717, 1.165) is 13.0 Å². The fourth-order valence-electron chi connectivity index (χ4n) is 1.69. The summed E-state index contributed by atoms with van der Waals surface area (Å²) in [6, 6.07) is 4.30. The number of hydrogen-bond acceptors (Lipinski definition) is 5. The van der Waals surface area contributed by atoms with Crippen LogP contribution in [-0.4, -0.2) is 29.6 Å². The Kier molecular flexibility index (Phi) is 4.47. The lowest BCUT2D eigenvalue weighted by Gasteiger charge is -2.21. The van der Waals surface area contributed by atoms with Crippen LogP contribution < -0.4 is 10.6 Å². The van der Waals surface area contributed by atoms with Gasteiger partial charge in [-0.3, -0.25) is 10.1 Å². The molecule has 0 atom stereocenters. The highest BCUT2D eigenvalue weighted by Gasteiger charge is 2.16. The molecule has 0 fully saturated rings. The fourth-order valence-corrected chi connectivity index (χ4v) is 1.69. The number of benzene rings is 1. The number of non-ortho nitro benzene ring substituents is 1. The molecule has 1 aromatic carbocycles. The second kappa shape index (κ2) is 5.85. The van der Waals surface area contributed by atoms with E-state index < -0.39 is 4.92 Å².